The molecule has 0 spiro atoms. The van der Waals surface area contributed by atoms with Crippen LogP contribution in [0.4, 0.5) is 0 Å². The molecule has 114 valence electrons. The van der Waals surface area contributed by atoms with Crippen molar-refractivity contribution < 1.29 is 18.0 Å². The molecule has 0 aromatic heterocycles. The molecule has 0 aromatic carbocycles. The Bertz CT molecular complexity index is 514. The lowest BCUT2D eigenvalue weighted by atomic mass is 9.97. The molecule has 7 heteroatoms. The summed E-state index contributed by atoms with van der Waals surface area (Å²) >= 11 is 0. The second-order valence-corrected chi connectivity index (χ2v) is 8.44. The Morgan fingerprint density at radius 3 is 2.50 bits per heavy atom. The minimum Gasteiger partial charge on any atom is -0.343 e. The zero-order valence-electron chi connectivity index (χ0n) is 12.1. The molecule has 0 saturated carbocycles. The second-order valence-electron chi connectivity index (χ2n) is 6.04. The predicted octanol–water partition coefficient (Wildman–Crippen LogP) is -0.0649. The fraction of sp³-hybridized carbons (Fsp3) is 0.846. The number of sulfone groups is 1. The van der Waals surface area contributed by atoms with Gasteiger partial charge in [-0.1, -0.05) is 13.8 Å². The molecule has 3 atom stereocenters. The highest BCUT2D eigenvalue weighted by Crippen LogP contribution is 2.25. The van der Waals surface area contributed by atoms with Gasteiger partial charge in [0.15, 0.2) is 9.84 Å². The average molecular weight is 302 g/mol. The Labute approximate surface area is 119 Å². The Hall–Kier alpha value is -1.11. The van der Waals surface area contributed by atoms with E-state index in [4.69, 9.17) is 0 Å². The third-order valence-electron chi connectivity index (χ3n) is 4.11. The van der Waals surface area contributed by atoms with Crippen LogP contribution >= 0.6 is 0 Å². The Morgan fingerprint density at radius 1 is 1.35 bits per heavy atom. The molecular formula is C13H22N2O4S. The van der Waals surface area contributed by atoms with Crippen LogP contribution in [0, 0.1) is 5.92 Å². The quantitative estimate of drug-likeness (QED) is 0.791. The second kappa shape index (κ2) is 5.35. The van der Waals surface area contributed by atoms with Crippen LogP contribution < -0.4 is 5.32 Å². The van der Waals surface area contributed by atoms with Crippen molar-refractivity contribution in [2.75, 3.05) is 12.3 Å². The van der Waals surface area contributed by atoms with E-state index in [-0.39, 0.29) is 30.0 Å². The van der Waals surface area contributed by atoms with Crippen molar-refractivity contribution >= 4 is 21.7 Å². The van der Waals surface area contributed by atoms with E-state index in [9.17, 15) is 18.0 Å². The fourth-order valence-corrected chi connectivity index (χ4v) is 4.85. The summed E-state index contributed by atoms with van der Waals surface area (Å²) in [6, 6.07) is -1.16. The molecule has 0 aromatic rings. The van der Waals surface area contributed by atoms with Crippen LogP contribution in [0.5, 0.6) is 0 Å². The van der Waals surface area contributed by atoms with Gasteiger partial charge in [0, 0.05) is 6.54 Å². The lowest BCUT2D eigenvalue weighted by Crippen LogP contribution is -2.65. The van der Waals surface area contributed by atoms with Crippen molar-refractivity contribution in [3.05, 3.63) is 0 Å². The van der Waals surface area contributed by atoms with E-state index in [1.54, 1.807) is 6.92 Å². The molecule has 0 radical (unpaired) electrons. The maximum Gasteiger partial charge on any atom is 0.245 e. The van der Waals surface area contributed by atoms with Crippen molar-refractivity contribution in [1.29, 1.82) is 0 Å². The third kappa shape index (κ3) is 2.68. The molecule has 2 heterocycles. The lowest BCUT2D eigenvalue weighted by molar-refractivity contribution is -0.150. The highest BCUT2D eigenvalue weighted by Gasteiger charge is 2.43. The van der Waals surface area contributed by atoms with E-state index in [1.807, 2.05) is 13.8 Å². The Kier molecular flexibility index (Phi) is 4.09. The zero-order valence-corrected chi connectivity index (χ0v) is 12.9. The molecule has 2 aliphatic rings. The van der Waals surface area contributed by atoms with Gasteiger partial charge in [0.2, 0.25) is 11.8 Å². The van der Waals surface area contributed by atoms with E-state index >= 15 is 0 Å². The van der Waals surface area contributed by atoms with E-state index in [1.165, 1.54) is 4.90 Å². The van der Waals surface area contributed by atoms with Crippen LogP contribution in [0.2, 0.25) is 0 Å². The third-order valence-corrected chi connectivity index (χ3v) is 6.37. The smallest absolute Gasteiger partial charge is 0.245 e. The topological polar surface area (TPSA) is 83.6 Å². The fourth-order valence-electron chi connectivity index (χ4n) is 3.04. The summed E-state index contributed by atoms with van der Waals surface area (Å²) in [6.07, 6.45) is 1.22. The first-order chi connectivity index (χ1) is 9.24. The van der Waals surface area contributed by atoms with Crippen LogP contribution in [0.1, 0.15) is 33.6 Å². The maximum atomic E-state index is 12.3. The van der Waals surface area contributed by atoms with Gasteiger partial charge < -0.3 is 10.2 Å². The number of carbonyl (C=O) groups is 2. The first-order valence-electron chi connectivity index (χ1n) is 7.06. The molecule has 2 rings (SSSR count). The van der Waals surface area contributed by atoms with E-state index in [2.05, 4.69) is 5.32 Å². The molecule has 3 unspecified atom stereocenters. The molecular weight excluding hydrogens is 280 g/mol. The molecule has 2 amide bonds. The summed E-state index contributed by atoms with van der Waals surface area (Å²) in [6.45, 7) is 5.50. The summed E-state index contributed by atoms with van der Waals surface area (Å²) < 4.78 is 23.9. The van der Waals surface area contributed by atoms with Crippen LogP contribution in [-0.2, 0) is 19.4 Å². The normalized spacial score (nSPS) is 33.6. The number of piperazine rings is 1. The van der Waals surface area contributed by atoms with Gasteiger partial charge >= 0.3 is 0 Å². The molecule has 2 aliphatic heterocycles. The predicted molar refractivity (Wildman–Crippen MR) is 74.8 cm³/mol. The van der Waals surface area contributed by atoms with Crippen molar-refractivity contribution in [3.8, 4) is 0 Å². The summed E-state index contributed by atoms with van der Waals surface area (Å²) in [5.41, 5.74) is 0. The largest absolute Gasteiger partial charge is 0.343 e. The molecule has 2 saturated heterocycles. The van der Waals surface area contributed by atoms with Crippen molar-refractivity contribution in [3.63, 3.8) is 0 Å². The highest BCUT2D eigenvalue weighted by molar-refractivity contribution is 7.92. The van der Waals surface area contributed by atoms with Gasteiger partial charge in [-0.2, -0.15) is 0 Å². The average Bonchev–Trinajstić information content (AvgIpc) is 2.64. The number of carbonyl (C=O) groups excluding carboxylic acids is 2. The van der Waals surface area contributed by atoms with Gasteiger partial charge in [0.1, 0.15) is 12.1 Å². The number of hydrogen-bond acceptors (Lipinski definition) is 4. The van der Waals surface area contributed by atoms with Gasteiger partial charge in [-0.05, 0) is 25.7 Å². The van der Waals surface area contributed by atoms with Crippen molar-refractivity contribution in [1.82, 2.24) is 10.2 Å². The Balaban J connectivity index is 2.25. The zero-order chi connectivity index (χ0) is 15.1. The number of hydrogen-bond donors (Lipinski definition) is 1. The molecule has 1 N–H and O–H groups in total. The van der Waals surface area contributed by atoms with Gasteiger partial charge in [-0.15, -0.1) is 0 Å². The first-order valence-corrected chi connectivity index (χ1v) is 8.78. The van der Waals surface area contributed by atoms with Gasteiger partial charge in [0.25, 0.3) is 0 Å². The Morgan fingerprint density at radius 2 is 2.00 bits per heavy atom. The van der Waals surface area contributed by atoms with Gasteiger partial charge in [-0.3, -0.25) is 9.59 Å². The summed E-state index contributed by atoms with van der Waals surface area (Å²) in [5, 5.41) is 2.13. The summed E-state index contributed by atoms with van der Waals surface area (Å²) in [5.74, 6) is -0.239. The molecule has 0 bridgehead atoms. The molecule has 6 nitrogen and oxygen atoms in total. The first kappa shape index (κ1) is 15.3. The number of amides is 2. The van der Waals surface area contributed by atoms with Crippen LogP contribution in [0.25, 0.3) is 0 Å². The van der Waals surface area contributed by atoms with E-state index in [0.717, 1.165) is 0 Å². The van der Waals surface area contributed by atoms with Crippen LogP contribution in [0.3, 0.4) is 0 Å². The van der Waals surface area contributed by atoms with Crippen molar-refractivity contribution in [2.24, 2.45) is 5.92 Å². The highest BCUT2D eigenvalue weighted by atomic mass is 32.2. The standard InChI is InChI=1S/C13H22N2O4S/c1-8(2)11-12(16)14-9(3)13(17)15(11)7-10-5-4-6-20(10,18)19/h8-11H,4-7H2,1-3H3,(H,14,16). The molecule has 2 fully saturated rings. The SMILES string of the molecule is CC1NC(=O)C(C(C)C)N(CC2CCCS2(=O)=O)C1=O. The van der Waals surface area contributed by atoms with Gasteiger partial charge in [-0.25, -0.2) is 8.42 Å². The maximum absolute atomic E-state index is 12.3. The molecule has 20 heavy (non-hydrogen) atoms. The summed E-state index contributed by atoms with van der Waals surface area (Å²) in [7, 11) is -3.12. The summed E-state index contributed by atoms with van der Waals surface area (Å²) in [4.78, 5) is 25.9. The van der Waals surface area contributed by atoms with E-state index < -0.39 is 27.2 Å². The minimum atomic E-state index is -3.12. The van der Waals surface area contributed by atoms with E-state index in [0.29, 0.717) is 12.8 Å². The number of nitrogens with zero attached hydrogens (tertiary/aromatic N) is 1. The number of nitrogens with one attached hydrogen (secondary N) is 1. The monoisotopic (exact) mass is 302 g/mol. The number of rotatable bonds is 3. The lowest BCUT2D eigenvalue weighted by Gasteiger charge is -2.40. The van der Waals surface area contributed by atoms with Crippen molar-refractivity contribution in [2.45, 2.75) is 50.9 Å². The minimum absolute atomic E-state index is 0.0458. The van der Waals surface area contributed by atoms with Crippen LogP contribution in [0.15, 0.2) is 0 Å². The molecule has 0 aliphatic carbocycles. The van der Waals surface area contributed by atoms with Crippen LogP contribution in [-0.4, -0.2) is 54.8 Å². The van der Waals surface area contributed by atoms with Gasteiger partial charge in [0.05, 0.1) is 11.0 Å².